The molecule has 33 heavy (non-hydrogen) atoms. The van der Waals surface area contributed by atoms with E-state index in [0.717, 1.165) is 0 Å². The minimum Gasteiger partial charge on any atom is 0 e. The third-order valence-electron chi connectivity index (χ3n) is 0. The van der Waals surface area contributed by atoms with Crippen molar-refractivity contribution in [2.24, 2.45) is 0 Å². The molecule has 0 aliphatic rings. The van der Waals surface area contributed by atoms with Crippen molar-refractivity contribution in [3.8, 4) is 0 Å². The third-order valence-corrected chi connectivity index (χ3v) is 0. The van der Waals surface area contributed by atoms with Gasteiger partial charge < -0.3 is 0 Å². The number of hydrogen-bond acceptors (Lipinski definition) is 0. The first-order chi connectivity index (χ1) is 0. The Morgan fingerprint density at radius 1 is 0.0303 bits per heavy atom. The molecule has 0 saturated heterocycles. The van der Waals surface area contributed by atoms with E-state index in [1.54, 1.807) is 0 Å². The first-order valence-corrected chi connectivity index (χ1v) is 0. The van der Waals surface area contributed by atoms with Crippen LogP contribution in [0.3, 0.4) is 0 Å². The zero-order chi connectivity index (χ0) is 0. The van der Waals surface area contributed by atoms with Gasteiger partial charge in [-0.25, -0.2) is 0 Å². The molecule has 0 aromatic carbocycles. The summed E-state index contributed by atoms with van der Waals surface area (Å²) in [5.74, 6) is 0. The zero-order valence-electron chi connectivity index (χ0n) is 11.0. The monoisotopic (exact) mass is 1940 g/mol. The normalized spacial score (nSPS) is 0. The first kappa shape index (κ1) is 422. The van der Waals surface area contributed by atoms with Crippen molar-refractivity contribution in [1.82, 2.24) is 0 Å². The van der Waals surface area contributed by atoms with E-state index >= 15 is 0 Å². The fraction of sp³-hybridized carbons (Fsp3) is 0. The maximum Gasteiger partial charge on any atom is 0 e. The summed E-state index contributed by atoms with van der Waals surface area (Å²) in [6, 6.07) is 0. The Bertz CT molecular complexity index is 0. The summed E-state index contributed by atoms with van der Waals surface area (Å²) < 4.78 is 0. The Morgan fingerprint density at radius 3 is 0.0303 bits per heavy atom. The summed E-state index contributed by atoms with van der Waals surface area (Å²) in [5, 5.41) is 0. The van der Waals surface area contributed by atoms with E-state index in [-0.39, 0.29) is 554 Å². The molecular formula is Co33. The summed E-state index contributed by atoms with van der Waals surface area (Å²) >= 11 is 0. The maximum absolute atomic E-state index is 0. The third kappa shape index (κ3) is 381. The molecule has 0 nitrogen and oxygen atoms in total. The summed E-state index contributed by atoms with van der Waals surface area (Å²) in [6.45, 7) is 0. The standard InChI is InChI=1S/33Co. The predicted octanol–water partition coefficient (Wildman–Crippen LogP) is -0.0825. The molecule has 0 aromatic heterocycles. The van der Waals surface area contributed by atoms with Gasteiger partial charge in [0.1, 0.15) is 0 Å². The first-order valence-electron chi connectivity index (χ1n) is 0. The van der Waals surface area contributed by atoms with Crippen LogP contribution in [-0.2, 0) is 554 Å². The fourth-order valence-electron chi connectivity index (χ4n) is 0. The van der Waals surface area contributed by atoms with E-state index in [1.165, 1.54) is 0 Å². The van der Waals surface area contributed by atoms with Crippen molar-refractivity contribution in [3.63, 3.8) is 0 Å². The van der Waals surface area contributed by atoms with E-state index in [0.29, 0.717) is 0 Å². The molecule has 0 unspecified atom stereocenters. The predicted molar refractivity (Wildman–Crippen MR) is 0 cm³/mol. The molecule has 0 bridgehead atoms. The minimum absolute atomic E-state index is 0. The average molecular weight is 1940 g/mol. The van der Waals surface area contributed by atoms with Crippen molar-refractivity contribution < 1.29 is 554 Å². The molecule has 0 aromatic rings. The van der Waals surface area contributed by atoms with E-state index in [2.05, 4.69) is 0 Å². The summed E-state index contributed by atoms with van der Waals surface area (Å²) in [4.78, 5) is 0. The molecular weight excluding hydrogens is 1940 g/mol. The van der Waals surface area contributed by atoms with Gasteiger partial charge in [-0.1, -0.05) is 0 Å². The Kier molecular flexibility index (Phi) is 5080. The van der Waals surface area contributed by atoms with Crippen LogP contribution in [0.2, 0.25) is 0 Å². The molecule has 0 saturated carbocycles. The topological polar surface area (TPSA) is 0 Å². The van der Waals surface area contributed by atoms with Gasteiger partial charge in [0.2, 0.25) is 0 Å². The second kappa shape index (κ2) is 397. The molecule has 0 atom stereocenters. The van der Waals surface area contributed by atoms with Crippen LogP contribution in [-0.4, -0.2) is 0 Å². The Hall–Kier alpha value is 16.7. The Morgan fingerprint density at radius 2 is 0.0303 bits per heavy atom. The number of hydrogen-bond donors (Lipinski definition) is 0. The molecule has 0 rings (SSSR count). The van der Waals surface area contributed by atoms with E-state index in [1.807, 2.05) is 0 Å². The quantitative estimate of drug-likeness (QED) is 0.319. The molecule has 33 heteroatoms. The van der Waals surface area contributed by atoms with Crippen LogP contribution < -0.4 is 0 Å². The number of rotatable bonds is 0. The van der Waals surface area contributed by atoms with Crippen LogP contribution in [0.15, 0.2) is 0 Å². The molecule has 0 spiro atoms. The van der Waals surface area contributed by atoms with Gasteiger partial charge in [0.15, 0.2) is 0 Å². The largest absolute Gasteiger partial charge is 0 e. The fourth-order valence-corrected chi connectivity index (χ4v) is 0. The van der Waals surface area contributed by atoms with E-state index in [4.69, 9.17) is 0 Å². The summed E-state index contributed by atoms with van der Waals surface area (Å²) in [5.41, 5.74) is 0. The Balaban J connectivity index is 0. The maximum atomic E-state index is 0. The van der Waals surface area contributed by atoms with Crippen molar-refractivity contribution in [1.29, 1.82) is 0 Å². The van der Waals surface area contributed by atoms with Gasteiger partial charge in [-0.3, -0.25) is 0 Å². The van der Waals surface area contributed by atoms with Crippen molar-refractivity contribution in [2.75, 3.05) is 0 Å². The zero-order valence-corrected chi connectivity index (χ0v) is 45.4. The Labute approximate surface area is 540 Å². The minimum atomic E-state index is 0. The van der Waals surface area contributed by atoms with Gasteiger partial charge in [-0.05, 0) is 0 Å². The van der Waals surface area contributed by atoms with Crippen LogP contribution in [0.5, 0.6) is 0 Å². The van der Waals surface area contributed by atoms with E-state index < -0.39 is 0 Å². The van der Waals surface area contributed by atoms with Gasteiger partial charge in [0.25, 0.3) is 0 Å². The summed E-state index contributed by atoms with van der Waals surface area (Å²) in [6.07, 6.45) is 0. The van der Waals surface area contributed by atoms with Gasteiger partial charge >= 0.3 is 0 Å². The van der Waals surface area contributed by atoms with Crippen molar-refractivity contribution >= 4 is 0 Å². The molecule has 0 aliphatic carbocycles. The molecule has 0 N–H and O–H groups in total. The average Bonchev–Trinajstić information content (AvgIpc) is 0. The van der Waals surface area contributed by atoms with Crippen LogP contribution in [0.25, 0.3) is 0 Å². The molecule has 0 amide bonds. The second-order valence-corrected chi connectivity index (χ2v) is 0. The van der Waals surface area contributed by atoms with Gasteiger partial charge in [-0.15, -0.1) is 0 Å². The molecule has 33 radical (unpaired) electrons. The molecule has 0 fully saturated rings. The van der Waals surface area contributed by atoms with Gasteiger partial charge in [-0.2, -0.15) is 0 Å². The summed E-state index contributed by atoms with van der Waals surface area (Å²) in [7, 11) is 0. The SMILES string of the molecule is [Co].[Co].[Co].[Co].[Co].[Co].[Co].[Co].[Co].[Co].[Co].[Co].[Co].[Co].[Co].[Co].[Co].[Co].[Co].[Co].[Co].[Co].[Co].[Co].[Co].[Co].[Co].[Co].[Co].[Co].[Co].[Co].[Co]. The molecule has 0 heterocycles. The van der Waals surface area contributed by atoms with E-state index in [9.17, 15) is 0 Å². The van der Waals surface area contributed by atoms with Crippen LogP contribution in [0.4, 0.5) is 0 Å². The van der Waals surface area contributed by atoms with Crippen LogP contribution >= 0.6 is 0 Å². The van der Waals surface area contributed by atoms with Gasteiger partial charge in [0, 0.05) is 554 Å². The van der Waals surface area contributed by atoms with Crippen molar-refractivity contribution in [2.45, 2.75) is 0 Å². The van der Waals surface area contributed by atoms with Crippen LogP contribution in [0.1, 0.15) is 0 Å². The molecule has 0 aliphatic heterocycles. The molecule has 297 valence electrons. The van der Waals surface area contributed by atoms with Crippen molar-refractivity contribution in [3.05, 3.63) is 0 Å². The van der Waals surface area contributed by atoms with Crippen LogP contribution in [0, 0.1) is 0 Å². The van der Waals surface area contributed by atoms with Gasteiger partial charge in [0.05, 0.1) is 0 Å². The smallest absolute Gasteiger partial charge is 0 e. The second-order valence-electron chi connectivity index (χ2n) is 0.